The number of hydrogen-bond acceptors (Lipinski definition) is 5. The van der Waals surface area contributed by atoms with Gasteiger partial charge >= 0.3 is 6.09 Å². The molecule has 160 valence electrons. The van der Waals surface area contributed by atoms with Gasteiger partial charge in [0.1, 0.15) is 12.4 Å². The zero-order valence-corrected chi connectivity index (χ0v) is 17.0. The average molecular weight is 415 g/mol. The minimum atomic E-state index is -1.20. The first-order valence-electron chi connectivity index (χ1n) is 10.2. The van der Waals surface area contributed by atoms with Crippen LogP contribution in [-0.4, -0.2) is 34.5 Å². The van der Waals surface area contributed by atoms with Crippen molar-refractivity contribution in [2.45, 2.75) is 56.3 Å². The highest BCUT2D eigenvalue weighted by Crippen LogP contribution is 2.58. The number of fused-ring (bicyclic) bond motifs is 3. The van der Waals surface area contributed by atoms with Crippen molar-refractivity contribution in [3.05, 3.63) is 53.5 Å². The minimum Gasteiger partial charge on any atom is -0.489 e. The molecule has 1 heterocycles. The molecule has 0 unspecified atom stereocenters. The predicted molar refractivity (Wildman–Crippen MR) is 107 cm³/mol. The molecule has 1 aromatic carbocycles. The molecule has 3 saturated carbocycles. The molecule has 1 aromatic heterocycles. The Morgan fingerprint density at radius 2 is 1.80 bits per heavy atom. The first kappa shape index (κ1) is 20.4. The zero-order chi connectivity index (χ0) is 21.2. The van der Waals surface area contributed by atoms with Crippen molar-refractivity contribution < 1.29 is 23.4 Å². The van der Waals surface area contributed by atoms with Crippen molar-refractivity contribution in [3.63, 3.8) is 0 Å². The molecular formula is C22H26FN3O4. The van der Waals surface area contributed by atoms with Gasteiger partial charge in [0.15, 0.2) is 0 Å². The first-order valence-corrected chi connectivity index (χ1v) is 10.2. The first-order chi connectivity index (χ1) is 14.4. The molecule has 3 aliphatic rings. The van der Waals surface area contributed by atoms with Gasteiger partial charge in [0.2, 0.25) is 11.8 Å². The number of hydrogen-bond donors (Lipinski definition) is 2. The van der Waals surface area contributed by atoms with E-state index in [0.29, 0.717) is 18.0 Å². The smallest absolute Gasteiger partial charge is 0.404 e. The Morgan fingerprint density at radius 3 is 2.33 bits per heavy atom. The monoisotopic (exact) mass is 415 g/mol. The lowest BCUT2D eigenvalue weighted by Gasteiger charge is -2.52. The predicted octanol–water partition coefficient (Wildman–Crippen LogP) is 4.42. The fraction of sp³-hybridized carbons (Fsp3) is 0.500. The van der Waals surface area contributed by atoms with Crippen LogP contribution < -0.4 is 10.1 Å². The van der Waals surface area contributed by atoms with E-state index >= 15 is 0 Å². The molecular weight excluding hydrogens is 389 g/mol. The van der Waals surface area contributed by atoms with Crippen molar-refractivity contribution in [3.8, 4) is 5.75 Å². The van der Waals surface area contributed by atoms with Gasteiger partial charge in [-0.05, 0) is 61.6 Å². The Kier molecular flexibility index (Phi) is 5.49. The molecule has 8 heteroatoms. The van der Waals surface area contributed by atoms with Crippen LogP contribution in [-0.2, 0) is 10.8 Å². The van der Waals surface area contributed by atoms with Crippen LogP contribution in [0.1, 0.15) is 55.9 Å². The van der Waals surface area contributed by atoms with Crippen LogP contribution in [0.5, 0.6) is 5.75 Å². The third kappa shape index (κ3) is 3.91. The molecule has 1 amide bonds. The molecule has 0 saturated heterocycles. The molecule has 2 bridgehead atoms. The summed E-state index contributed by atoms with van der Waals surface area (Å²) >= 11 is 0. The second-order valence-electron chi connectivity index (χ2n) is 8.43. The summed E-state index contributed by atoms with van der Waals surface area (Å²) in [4.78, 5) is 10.5. The van der Waals surface area contributed by atoms with E-state index in [1.165, 1.54) is 5.56 Å². The highest BCUT2D eigenvalue weighted by atomic mass is 19.1. The molecule has 0 atom stereocenters. The Morgan fingerprint density at radius 1 is 1.17 bits per heavy atom. The van der Waals surface area contributed by atoms with Crippen LogP contribution in [0.4, 0.5) is 9.18 Å². The number of benzene rings is 1. The topological polar surface area (TPSA) is 97.5 Å². The quantitative estimate of drug-likeness (QED) is 0.695. The van der Waals surface area contributed by atoms with E-state index in [4.69, 9.17) is 14.3 Å². The Hall–Kier alpha value is -2.90. The number of halogens is 1. The van der Waals surface area contributed by atoms with Crippen molar-refractivity contribution in [2.75, 3.05) is 13.2 Å². The van der Waals surface area contributed by atoms with E-state index in [-0.39, 0.29) is 29.6 Å². The summed E-state index contributed by atoms with van der Waals surface area (Å²) in [5, 5.41) is 19.1. The molecule has 3 aliphatic carbocycles. The number of carbonyl (C=O) groups is 1. The van der Waals surface area contributed by atoms with Crippen molar-refractivity contribution in [1.82, 2.24) is 15.5 Å². The van der Waals surface area contributed by atoms with E-state index < -0.39 is 6.09 Å². The van der Waals surface area contributed by atoms with Gasteiger partial charge in [0.25, 0.3) is 0 Å². The lowest BCUT2D eigenvalue weighted by atomic mass is 9.52. The Bertz CT molecular complexity index is 914. The largest absolute Gasteiger partial charge is 0.489 e. The number of nitrogens with zero attached hydrogens (tertiary/aromatic N) is 2. The highest BCUT2D eigenvalue weighted by Gasteiger charge is 2.52. The second-order valence-corrected chi connectivity index (χ2v) is 8.43. The standard InChI is InChI=1S/C22H26FN3O4/c1-15-25-26-19(30-15)22-9-6-21(7-10-22,8-11-22)17-2-4-18(5-3-17)29-14-16(12-23)13-24-20(27)28/h2-5,12,24H,6-11,13-14H2,1H3,(H,27,28)/b16-12-. The maximum absolute atomic E-state index is 12.9. The van der Waals surface area contributed by atoms with Crippen molar-refractivity contribution in [2.24, 2.45) is 0 Å². The lowest BCUT2D eigenvalue weighted by Crippen LogP contribution is -2.46. The number of nitrogens with one attached hydrogen (secondary N) is 1. The highest BCUT2D eigenvalue weighted by molar-refractivity contribution is 5.64. The summed E-state index contributed by atoms with van der Waals surface area (Å²) < 4.78 is 24.3. The lowest BCUT2D eigenvalue weighted by molar-refractivity contribution is 0.0801. The number of amides is 1. The maximum atomic E-state index is 12.9. The Labute approximate surface area is 174 Å². The number of carboxylic acid groups (broad SMARTS) is 1. The molecule has 7 nitrogen and oxygen atoms in total. The van der Waals surface area contributed by atoms with Crippen LogP contribution in [0, 0.1) is 6.92 Å². The van der Waals surface area contributed by atoms with Gasteiger partial charge < -0.3 is 19.6 Å². The molecule has 30 heavy (non-hydrogen) atoms. The van der Waals surface area contributed by atoms with E-state index in [2.05, 4.69) is 27.6 Å². The van der Waals surface area contributed by atoms with E-state index in [1.807, 2.05) is 19.1 Å². The van der Waals surface area contributed by atoms with Gasteiger partial charge in [-0.1, -0.05) is 12.1 Å². The average Bonchev–Trinajstić information content (AvgIpc) is 3.22. The van der Waals surface area contributed by atoms with Crippen molar-refractivity contribution >= 4 is 6.09 Å². The summed E-state index contributed by atoms with van der Waals surface area (Å²) in [6.07, 6.45) is 5.59. The summed E-state index contributed by atoms with van der Waals surface area (Å²) in [5.41, 5.74) is 1.74. The molecule has 5 rings (SSSR count). The van der Waals surface area contributed by atoms with E-state index in [0.717, 1.165) is 44.4 Å². The maximum Gasteiger partial charge on any atom is 0.404 e. The van der Waals surface area contributed by atoms with Crippen LogP contribution in [0.25, 0.3) is 0 Å². The Balaban J connectivity index is 1.38. The van der Waals surface area contributed by atoms with Gasteiger partial charge in [-0.25, -0.2) is 9.18 Å². The molecule has 0 radical (unpaired) electrons. The van der Waals surface area contributed by atoms with Gasteiger partial charge in [0.05, 0.1) is 6.33 Å². The fourth-order valence-electron chi connectivity index (χ4n) is 4.84. The number of aromatic nitrogens is 2. The third-order valence-electron chi connectivity index (χ3n) is 6.74. The molecule has 0 aliphatic heterocycles. The minimum absolute atomic E-state index is 0.00656. The van der Waals surface area contributed by atoms with Crippen LogP contribution in [0.15, 0.2) is 40.6 Å². The summed E-state index contributed by atoms with van der Waals surface area (Å²) in [5.74, 6) is 2.06. The van der Waals surface area contributed by atoms with Crippen LogP contribution in [0.3, 0.4) is 0 Å². The summed E-state index contributed by atoms with van der Waals surface area (Å²) in [7, 11) is 0. The van der Waals surface area contributed by atoms with E-state index in [1.54, 1.807) is 0 Å². The summed E-state index contributed by atoms with van der Waals surface area (Å²) in [6, 6.07) is 8.00. The molecule has 2 aromatic rings. The van der Waals surface area contributed by atoms with E-state index in [9.17, 15) is 9.18 Å². The number of rotatable bonds is 7. The van der Waals surface area contributed by atoms with Crippen LogP contribution >= 0.6 is 0 Å². The van der Waals surface area contributed by atoms with Crippen LogP contribution in [0.2, 0.25) is 0 Å². The molecule has 0 spiro atoms. The zero-order valence-electron chi connectivity index (χ0n) is 17.0. The summed E-state index contributed by atoms with van der Waals surface area (Å²) in [6.45, 7) is 1.73. The van der Waals surface area contributed by atoms with Gasteiger partial charge in [-0.3, -0.25) is 0 Å². The number of ether oxygens (including phenoxy) is 1. The molecule has 2 N–H and O–H groups in total. The number of aryl methyl sites for hydroxylation is 1. The second kappa shape index (κ2) is 8.08. The molecule has 3 fully saturated rings. The third-order valence-corrected chi connectivity index (χ3v) is 6.74. The van der Waals surface area contributed by atoms with Crippen molar-refractivity contribution in [1.29, 1.82) is 0 Å². The SMILES string of the molecule is Cc1nnc(C23CCC(c4ccc(OC/C(=C\F)CNC(=O)O)cc4)(CC2)CC3)o1. The van der Waals surface area contributed by atoms with Gasteiger partial charge in [0, 0.05) is 24.5 Å². The fourth-order valence-corrected chi connectivity index (χ4v) is 4.84. The van der Waals surface area contributed by atoms with Gasteiger partial charge in [-0.15, -0.1) is 10.2 Å². The van der Waals surface area contributed by atoms with Gasteiger partial charge in [-0.2, -0.15) is 0 Å². The normalized spacial score (nSPS) is 25.9.